The van der Waals surface area contributed by atoms with Gasteiger partial charge in [0.25, 0.3) is 5.91 Å². The Morgan fingerprint density at radius 3 is 2.67 bits per heavy atom. The van der Waals surface area contributed by atoms with Gasteiger partial charge in [0, 0.05) is 0 Å². The second-order valence-electron chi connectivity index (χ2n) is 5.05. The number of carbonyl (C=O) groups is 2. The predicted octanol–water partition coefficient (Wildman–Crippen LogP) is 1.96. The number of para-hydroxylation sites is 3. The molecule has 1 unspecified atom stereocenters. The SMILES string of the molecule is COC(=O)c1cccc(NC(=O)C2COc3ccccc3O2)c1O. The number of phenols is 1. The van der Waals surface area contributed by atoms with Gasteiger partial charge in [-0.25, -0.2) is 4.79 Å². The summed E-state index contributed by atoms with van der Waals surface area (Å²) in [7, 11) is 1.21. The van der Waals surface area contributed by atoms with Crippen LogP contribution in [0.1, 0.15) is 10.4 Å². The van der Waals surface area contributed by atoms with E-state index >= 15 is 0 Å². The van der Waals surface area contributed by atoms with E-state index in [9.17, 15) is 14.7 Å². The molecular formula is C17H15NO6. The molecule has 1 aliphatic heterocycles. The monoisotopic (exact) mass is 329 g/mol. The van der Waals surface area contributed by atoms with Crippen LogP contribution in [-0.4, -0.2) is 36.8 Å². The number of anilines is 1. The van der Waals surface area contributed by atoms with Crippen LogP contribution in [0.15, 0.2) is 42.5 Å². The average Bonchev–Trinajstić information content (AvgIpc) is 2.62. The molecule has 0 bridgehead atoms. The minimum atomic E-state index is -0.874. The van der Waals surface area contributed by atoms with E-state index in [1.165, 1.54) is 25.3 Å². The van der Waals surface area contributed by atoms with Crippen LogP contribution in [0.25, 0.3) is 0 Å². The smallest absolute Gasteiger partial charge is 0.341 e. The van der Waals surface area contributed by atoms with Gasteiger partial charge in [-0.05, 0) is 24.3 Å². The number of rotatable bonds is 3. The van der Waals surface area contributed by atoms with Gasteiger partial charge < -0.3 is 24.6 Å². The summed E-state index contributed by atoms with van der Waals surface area (Å²) in [5, 5.41) is 12.6. The van der Waals surface area contributed by atoms with Crippen molar-refractivity contribution < 1.29 is 28.9 Å². The minimum Gasteiger partial charge on any atom is -0.505 e. The molecule has 1 amide bonds. The third-order valence-electron chi connectivity index (χ3n) is 3.50. The van der Waals surface area contributed by atoms with E-state index in [1.807, 2.05) is 0 Å². The van der Waals surface area contributed by atoms with E-state index in [-0.39, 0.29) is 23.6 Å². The Balaban J connectivity index is 1.75. The van der Waals surface area contributed by atoms with Crippen molar-refractivity contribution in [1.29, 1.82) is 0 Å². The Morgan fingerprint density at radius 1 is 1.17 bits per heavy atom. The zero-order chi connectivity index (χ0) is 17.1. The number of benzene rings is 2. The topological polar surface area (TPSA) is 94.1 Å². The summed E-state index contributed by atoms with van der Waals surface area (Å²) in [6, 6.07) is 11.4. The molecule has 2 N–H and O–H groups in total. The molecule has 7 heteroatoms. The number of hydrogen-bond acceptors (Lipinski definition) is 6. The molecule has 0 spiro atoms. The van der Waals surface area contributed by atoms with Crippen molar-refractivity contribution in [2.45, 2.75) is 6.10 Å². The Morgan fingerprint density at radius 2 is 1.92 bits per heavy atom. The van der Waals surface area contributed by atoms with Crippen LogP contribution in [0, 0.1) is 0 Å². The molecule has 0 aliphatic carbocycles. The summed E-state index contributed by atoms with van der Waals surface area (Å²) in [5.41, 5.74) is 0.0480. The lowest BCUT2D eigenvalue weighted by Gasteiger charge is -2.25. The fourth-order valence-corrected chi connectivity index (χ4v) is 2.28. The Bertz CT molecular complexity index is 788. The molecule has 3 rings (SSSR count). The second-order valence-corrected chi connectivity index (χ2v) is 5.05. The summed E-state index contributed by atoms with van der Waals surface area (Å²) in [5.74, 6) is -0.528. The first kappa shape index (κ1) is 15.7. The zero-order valence-corrected chi connectivity index (χ0v) is 12.8. The van der Waals surface area contributed by atoms with Crippen molar-refractivity contribution in [3.8, 4) is 17.2 Å². The number of fused-ring (bicyclic) bond motifs is 1. The van der Waals surface area contributed by atoms with E-state index in [4.69, 9.17) is 9.47 Å². The van der Waals surface area contributed by atoms with Crippen molar-refractivity contribution in [3.63, 3.8) is 0 Å². The number of hydrogen-bond donors (Lipinski definition) is 2. The molecule has 7 nitrogen and oxygen atoms in total. The maximum absolute atomic E-state index is 12.3. The number of amides is 1. The molecule has 0 fully saturated rings. The number of nitrogens with one attached hydrogen (secondary N) is 1. The van der Waals surface area contributed by atoms with E-state index in [1.54, 1.807) is 24.3 Å². The third kappa shape index (κ3) is 2.96. The lowest BCUT2D eigenvalue weighted by Crippen LogP contribution is -2.40. The van der Waals surface area contributed by atoms with Gasteiger partial charge in [0.2, 0.25) is 6.10 Å². The second kappa shape index (κ2) is 6.49. The van der Waals surface area contributed by atoms with Gasteiger partial charge in [0.15, 0.2) is 17.2 Å². The molecule has 2 aromatic rings. The highest BCUT2D eigenvalue weighted by Crippen LogP contribution is 2.32. The molecule has 0 aromatic heterocycles. The van der Waals surface area contributed by atoms with Crippen molar-refractivity contribution in [3.05, 3.63) is 48.0 Å². The van der Waals surface area contributed by atoms with Crippen LogP contribution in [0.5, 0.6) is 17.2 Å². The van der Waals surface area contributed by atoms with Crippen LogP contribution >= 0.6 is 0 Å². The molecule has 0 saturated heterocycles. The Labute approximate surface area is 137 Å². The van der Waals surface area contributed by atoms with Gasteiger partial charge >= 0.3 is 5.97 Å². The van der Waals surface area contributed by atoms with Gasteiger partial charge in [0.05, 0.1) is 12.8 Å². The van der Waals surface area contributed by atoms with Crippen LogP contribution in [0.2, 0.25) is 0 Å². The predicted molar refractivity (Wildman–Crippen MR) is 84.4 cm³/mol. The summed E-state index contributed by atoms with van der Waals surface area (Å²) in [6.45, 7) is 0.0420. The van der Waals surface area contributed by atoms with Crippen LogP contribution in [-0.2, 0) is 9.53 Å². The van der Waals surface area contributed by atoms with Gasteiger partial charge in [-0.1, -0.05) is 18.2 Å². The molecule has 24 heavy (non-hydrogen) atoms. The molecule has 0 radical (unpaired) electrons. The minimum absolute atomic E-state index is 0.0403. The van der Waals surface area contributed by atoms with E-state index in [0.717, 1.165) is 0 Å². The largest absolute Gasteiger partial charge is 0.505 e. The fraction of sp³-hybridized carbons (Fsp3) is 0.176. The first-order chi connectivity index (χ1) is 11.6. The highest BCUT2D eigenvalue weighted by atomic mass is 16.6. The van der Waals surface area contributed by atoms with Crippen LogP contribution < -0.4 is 14.8 Å². The molecular weight excluding hydrogens is 314 g/mol. The molecule has 2 aromatic carbocycles. The summed E-state index contributed by atoms with van der Waals surface area (Å²) in [6.07, 6.45) is -0.874. The normalized spacial score (nSPS) is 15.5. The molecule has 1 heterocycles. The summed E-state index contributed by atoms with van der Waals surface area (Å²) in [4.78, 5) is 23.9. The standard InChI is InChI=1S/C17H15NO6/c1-22-17(21)10-5-4-6-11(15(10)19)18-16(20)14-9-23-12-7-2-3-8-13(12)24-14/h2-8,14,19H,9H2,1H3,(H,18,20). The van der Waals surface area contributed by atoms with Gasteiger partial charge in [-0.3, -0.25) is 4.79 Å². The van der Waals surface area contributed by atoms with E-state index < -0.39 is 18.0 Å². The van der Waals surface area contributed by atoms with E-state index in [2.05, 4.69) is 10.1 Å². The van der Waals surface area contributed by atoms with Gasteiger partial charge in [0.1, 0.15) is 12.2 Å². The Hall–Kier alpha value is -3.22. The van der Waals surface area contributed by atoms with Gasteiger partial charge in [-0.2, -0.15) is 0 Å². The van der Waals surface area contributed by atoms with Crippen molar-refractivity contribution in [1.82, 2.24) is 0 Å². The Kier molecular flexibility index (Phi) is 4.24. The number of esters is 1. The molecule has 124 valence electrons. The zero-order valence-electron chi connectivity index (χ0n) is 12.8. The van der Waals surface area contributed by atoms with Crippen LogP contribution in [0.4, 0.5) is 5.69 Å². The highest BCUT2D eigenvalue weighted by molar-refractivity contribution is 6.00. The first-order valence-corrected chi connectivity index (χ1v) is 7.20. The van der Waals surface area contributed by atoms with Crippen molar-refractivity contribution in [2.75, 3.05) is 19.0 Å². The number of phenolic OH excluding ortho intramolecular Hbond substituents is 1. The lowest BCUT2D eigenvalue weighted by atomic mass is 10.1. The number of aromatic hydroxyl groups is 1. The number of carbonyl (C=O) groups excluding carboxylic acids is 2. The summed E-state index contributed by atoms with van der Waals surface area (Å²) < 4.78 is 15.7. The lowest BCUT2D eigenvalue weighted by molar-refractivity contribution is -0.125. The van der Waals surface area contributed by atoms with E-state index in [0.29, 0.717) is 11.5 Å². The number of ether oxygens (including phenoxy) is 3. The number of methoxy groups -OCH3 is 1. The molecule has 1 aliphatic rings. The average molecular weight is 329 g/mol. The van der Waals surface area contributed by atoms with Gasteiger partial charge in [-0.15, -0.1) is 0 Å². The fourth-order valence-electron chi connectivity index (χ4n) is 2.28. The van der Waals surface area contributed by atoms with Crippen LogP contribution in [0.3, 0.4) is 0 Å². The summed E-state index contributed by atoms with van der Waals surface area (Å²) >= 11 is 0. The first-order valence-electron chi connectivity index (χ1n) is 7.20. The third-order valence-corrected chi connectivity index (χ3v) is 3.50. The molecule has 1 atom stereocenters. The molecule has 0 saturated carbocycles. The highest BCUT2D eigenvalue weighted by Gasteiger charge is 2.28. The van der Waals surface area contributed by atoms with Crippen molar-refractivity contribution in [2.24, 2.45) is 0 Å². The quantitative estimate of drug-likeness (QED) is 0.660. The maximum Gasteiger partial charge on any atom is 0.341 e. The maximum atomic E-state index is 12.3. The van der Waals surface area contributed by atoms with Crippen molar-refractivity contribution >= 4 is 17.6 Å².